The zero-order chi connectivity index (χ0) is 13.7. The molecule has 1 amide bonds. The van der Waals surface area contributed by atoms with Crippen molar-refractivity contribution in [3.8, 4) is 0 Å². The maximum atomic E-state index is 11.9. The van der Waals surface area contributed by atoms with Crippen LogP contribution in [0.25, 0.3) is 0 Å². The first-order chi connectivity index (χ1) is 9.16. The van der Waals surface area contributed by atoms with E-state index in [0.717, 1.165) is 25.9 Å². The predicted molar refractivity (Wildman–Crippen MR) is 76.4 cm³/mol. The second kappa shape index (κ2) is 6.78. The lowest BCUT2D eigenvalue weighted by atomic mass is 10.1. The molecule has 0 bridgehead atoms. The zero-order valence-corrected chi connectivity index (χ0v) is 11.6. The van der Waals surface area contributed by atoms with Gasteiger partial charge in [-0.2, -0.15) is 0 Å². The summed E-state index contributed by atoms with van der Waals surface area (Å²) in [6.07, 6.45) is 4.56. The summed E-state index contributed by atoms with van der Waals surface area (Å²) in [5.74, 6) is -0.162. The summed E-state index contributed by atoms with van der Waals surface area (Å²) in [6.45, 7) is 1.44. The van der Waals surface area contributed by atoms with E-state index in [1.165, 1.54) is 6.42 Å². The molecule has 3 N–H and O–H groups in total. The highest BCUT2D eigenvalue weighted by atomic mass is 35.5. The average molecular weight is 283 g/mol. The first kappa shape index (κ1) is 14.2. The first-order valence-corrected chi connectivity index (χ1v) is 6.99. The van der Waals surface area contributed by atoms with E-state index < -0.39 is 0 Å². The summed E-state index contributed by atoms with van der Waals surface area (Å²) < 4.78 is 5.61. The van der Waals surface area contributed by atoms with Gasteiger partial charge in [0, 0.05) is 23.9 Å². The van der Waals surface area contributed by atoms with Gasteiger partial charge in [-0.05, 0) is 43.9 Å². The molecule has 0 spiro atoms. The lowest BCUT2D eigenvalue weighted by Crippen LogP contribution is -2.29. The van der Waals surface area contributed by atoms with Crippen LogP contribution in [0.15, 0.2) is 18.2 Å². The molecule has 19 heavy (non-hydrogen) atoms. The Labute approximate surface area is 118 Å². The minimum atomic E-state index is -0.162. The van der Waals surface area contributed by atoms with Crippen LogP contribution in [0.2, 0.25) is 5.02 Å². The van der Waals surface area contributed by atoms with E-state index in [1.54, 1.807) is 18.2 Å². The van der Waals surface area contributed by atoms with Crippen molar-refractivity contribution in [2.75, 3.05) is 18.9 Å². The summed E-state index contributed by atoms with van der Waals surface area (Å²) >= 11 is 5.80. The van der Waals surface area contributed by atoms with Crippen LogP contribution in [0.3, 0.4) is 0 Å². The van der Waals surface area contributed by atoms with Gasteiger partial charge in [0.2, 0.25) is 0 Å². The van der Waals surface area contributed by atoms with Crippen molar-refractivity contribution < 1.29 is 9.53 Å². The van der Waals surface area contributed by atoms with E-state index in [0.29, 0.717) is 22.8 Å². The second-order valence-electron chi connectivity index (χ2n) is 4.76. The fourth-order valence-electron chi connectivity index (χ4n) is 2.22. The highest BCUT2D eigenvalue weighted by Gasteiger charge is 2.14. The Balaban J connectivity index is 1.80. The van der Waals surface area contributed by atoms with Crippen molar-refractivity contribution in [2.24, 2.45) is 0 Å². The molecule has 5 heteroatoms. The van der Waals surface area contributed by atoms with Gasteiger partial charge in [0.25, 0.3) is 5.91 Å². The van der Waals surface area contributed by atoms with Crippen molar-refractivity contribution in [1.82, 2.24) is 5.32 Å². The molecule has 1 aromatic rings. The largest absolute Gasteiger partial charge is 0.398 e. The third-order valence-corrected chi connectivity index (χ3v) is 3.52. The highest BCUT2D eigenvalue weighted by Crippen LogP contribution is 2.18. The van der Waals surface area contributed by atoms with Crippen LogP contribution in [-0.4, -0.2) is 25.2 Å². The number of nitrogen functional groups attached to an aromatic ring is 1. The topological polar surface area (TPSA) is 64.4 Å². The van der Waals surface area contributed by atoms with E-state index in [2.05, 4.69) is 5.32 Å². The van der Waals surface area contributed by atoms with E-state index in [-0.39, 0.29) is 12.0 Å². The number of anilines is 1. The van der Waals surface area contributed by atoms with E-state index in [4.69, 9.17) is 22.1 Å². The van der Waals surface area contributed by atoms with Crippen LogP contribution in [0.5, 0.6) is 0 Å². The number of carbonyl (C=O) groups excluding carboxylic acids is 1. The number of nitrogens with two attached hydrogens (primary N) is 1. The Morgan fingerprint density at radius 2 is 2.32 bits per heavy atom. The highest BCUT2D eigenvalue weighted by molar-refractivity contribution is 6.31. The Bertz CT molecular complexity index is 445. The van der Waals surface area contributed by atoms with Crippen molar-refractivity contribution >= 4 is 23.2 Å². The Kier molecular flexibility index (Phi) is 5.05. The summed E-state index contributed by atoms with van der Waals surface area (Å²) in [7, 11) is 0. The lowest BCUT2D eigenvalue weighted by molar-refractivity contribution is 0.0117. The minimum Gasteiger partial charge on any atom is -0.398 e. The zero-order valence-electron chi connectivity index (χ0n) is 10.8. The maximum absolute atomic E-state index is 11.9. The molecular weight excluding hydrogens is 264 g/mol. The molecule has 1 aliphatic heterocycles. The van der Waals surface area contributed by atoms with Crippen molar-refractivity contribution in [3.63, 3.8) is 0 Å². The van der Waals surface area contributed by atoms with Gasteiger partial charge in [0.05, 0.1) is 11.7 Å². The molecule has 1 fully saturated rings. The van der Waals surface area contributed by atoms with Gasteiger partial charge in [-0.25, -0.2) is 0 Å². The van der Waals surface area contributed by atoms with Gasteiger partial charge < -0.3 is 15.8 Å². The standard InChI is InChI=1S/C14H19ClN2O2/c15-10-4-5-12(13(16)9-10)14(18)17-7-6-11-3-1-2-8-19-11/h4-5,9,11H,1-3,6-8,16H2,(H,17,18). The number of carbonyl (C=O) groups is 1. The number of halogens is 1. The van der Waals surface area contributed by atoms with Crippen LogP contribution >= 0.6 is 11.6 Å². The van der Waals surface area contributed by atoms with Crippen LogP contribution in [-0.2, 0) is 4.74 Å². The lowest BCUT2D eigenvalue weighted by Gasteiger charge is -2.22. The van der Waals surface area contributed by atoms with Gasteiger partial charge in [-0.15, -0.1) is 0 Å². The molecule has 1 heterocycles. The molecule has 0 aromatic heterocycles. The third kappa shape index (κ3) is 4.11. The molecule has 2 rings (SSSR count). The van der Waals surface area contributed by atoms with Crippen molar-refractivity contribution in [2.45, 2.75) is 31.8 Å². The number of amides is 1. The Morgan fingerprint density at radius 3 is 3.00 bits per heavy atom. The Morgan fingerprint density at radius 1 is 1.47 bits per heavy atom. The van der Waals surface area contributed by atoms with Crippen LogP contribution in [0, 0.1) is 0 Å². The predicted octanol–water partition coefficient (Wildman–Crippen LogP) is 2.61. The SMILES string of the molecule is Nc1cc(Cl)ccc1C(=O)NCCC1CCCCO1. The number of nitrogens with one attached hydrogen (secondary N) is 1. The Hall–Kier alpha value is -1.26. The molecule has 104 valence electrons. The number of benzene rings is 1. The number of hydrogen-bond donors (Lipinski definition) is 2. The van der Waals surface area contributed by atoms with Gasteiger partial charge in [-0.1, -0.05) is 11.6 Å². The maximum Gasteiger partial charge on any atom is 0.253 e. The molecule has 1 unspecified atom stereocenters. The van der Waals surface area contributed by atoms with E-state index in [1.807, 2.05) is 0 Å². The van der Waals surface area contributed by atoms with E-state index >= 15 is 0 Å². The summed E-state index contributed by atoms with van der Waals surface area (Å²) in [5.41, 5.74) is 6.64. The molecular formula is C14H19ClN2O2. The monoisotopic (exact) mass is 282 g/mol. The normalized spacial score (nSPS) is 19.1. The van der Waals surface area contributed by atoms with Gasteiger partial charge in [0.15, 0.2) is 0 Å². The van der Waals surface area contributed by atoms with E-state index in [9.17, 15) is 4.79 Å². The number of ether oxygens (including phenoxy) is 1. The van der Waals surface area contributed by atoms with Crippen molar-refractivity contribution in [1.29, 1.82) is 0 Å². The number of hydrogen-bond acceptors (Lipinski definition) is 3. The average Bonchev–Trinajstić information content (AvgIpc) is 2.39. The molecule has 1 aliphatic rings. The van der Waals surface area contributed by atoms with Gasteiger partial charge >= 0.3 is 0 Å². The van der Waals surface area contributed by atoms with Crippen molar-refractivity contribution in [3.05, 3.63) is 28.8 Å². The third-order valence-electron chi connectivity index (χ3n) is 3.28. The quantitative estimate of drug-likeness (QED) is 0.835. The smallest absolute Gasteiger partial charge is 0.253 e. The molecule has 0 saturated carbocycles. The molecule has 1 aromatic carbocycles. The summed E-state index contributed by atoms with van der Waals surface area (Å²) in [4.78, 5) is 11.9. The van der Waals surface area contributed by atoms with Crippen LogP contribution in [0.1, 0.15) is 36.0 Å². The molecule has 4 nitrogen and oxygen atoms in total. The summed E-state index contributed by atoms with van der Waals surface area (Å²) in [6, 6.07) is 4.89. The van der Waals surface area contributed by atoms with Crippen LogP contribution < -0.4 is 11.1 Å². The molecule has 0 aliphatic carbocycles. The fourth-order valence-corrected chi connectivity index (χ4v) is 2.40. The van der Waals surface area contributed by atoms with Crippen LogP contribution in [0.4, 0.5) is 5.69 Å². The molecule has 1 atom stereocenters. The molecule has 1 saturated heterocycles. The molecule has 0 radical (unpaired) electrons. The fraction of sp³-hybridized carbons (Fsp3) is 0.500. The second-order valence-corrected chi connectivity index (χ2v) is 5.20. The van der Waals surface area contributed by atoms with Gasteiger partial charge in [0.1, 0.15) is 0 Å². The first-order valence-electron chi connectivity index (χ1n) is 6.61. The summed E-state index contributed by atoms with van der Waals surface area (Å²) in [5, 5.41) is 3.40. The van der Waals surface area contributed by atoms with Gasteiger partial charge in [-0.3, -0.25) is 4.79 Å². The minimum absolute atomic E-state index is 0.162. The number of rotatable bonds is 4.